The smallest absolute Gasteiger partial charge is 0.291 e. The zero-order valence-electron chi connectivity index (χ0n) is 19.7. The van der Waals surface area contributed by atoms with Crippen LogP contribution in [0, 0.1) is 11.8 Å². The average Bonchev–Trinajstić information content (AvgIpc) is 3.28. The Kier molecular flexibility index (Phi) is 6.08. The molecule has 3 N–H and O–H groups in total. The summed E-state index contributed by atoms with van der Waals surface area (Å²) in [6, 6.07) is 11.5. The number of fused-ring (bicyclic) bond motifs is 1. The number of hydrogen-bond acceptors (Lipinski definition) is 7. The molecule has 1 unspecified atom stereocenters. The number of alkyl halides is 2. The molecule has 2 aromatic heterocycles. The zero-order chi connectivity index (χ0) is 26.2. The number of pyridine rings is 1. The van der Waals surface area contributed by atoms with Crippen molar-refractivity contribution in [2.45, 2.75) is 36.8 Å². The Bertz CT molecular complexity index is 1410. The van der Waals surface area contributed by atoms with E-state index in [0.29, 0.717) is 12.2 Å². The van der Waals surface area contributed by atoms with Crippen molar-refractivity contribution < 1.29 is 28.2 Å². The van der Waals surface area contributed by atoms with Gasteiger partial charge in [0, 0.05) is 13.5 Å². The summed E-state index contributed by atoms with van der Waals surface area (Å²) in [5, 5.41) is 19.3. The fourth-order valence-electron chi connectivity index (χ4n) is 4.10. The molecule has 0 bridgehead atoms. The van der Waals surface area contributed by atoms with Crippen LogP contribution < -0.4 is 15.0 Å². The molecule has 0 saturated heterocycles. The number of nitrogens with zero attached hydrogens (tertiary/aromatic N) is 4. The van der Waals surface area contributed by atoms with Crippen LogP contribution in [0.2, 0.25) is 0 Å². The predicted octanol–water partition coefficient (Wildman–Crippen LogP) is 1.46. The monoisotopic (exact) mass is 508 g/mol. The van der Waals surface area contributed by atoms with E-state index in [1.54, 1.807) is 0 Å². The summed E-state index contributed by atoms with van der Waals surface area (Å²) in [6.45, 7) is -0.162. The van der Waals surface area contributed by atoms with Crippen molar-refractivity contribution in [1.29, 1.82) is 0 Å². The predicted molar refractivity (Wildman–Crippen MR) is 126 cm³/mol. The number of anilines is 1. The third kappa shape index (κ3) is 5.26. The van der Waals surface area contributed by atoms with Gasteiger partial charge in [0.15, 0.2) is 11.6 Å². The molecule has 190 valence electrons. The van der Waals surface area contributed by atoms with Crippen LogP contribution in [-0.4, -0.2) is 68.3 Å². The van der Waals surface area contributed by atoms with Gasteiger partial charge in [-0.2, -0.15) is 0 Å². The van der Waals surface area contributed by atoms with Gasteiger partial charge in [0.05, 0.1) is 12.8 Å². The zero-order valence-corrected chi connectivity index (χ0v) is 19.7. The third-order valence-corrected chi connectivity index (χ3v) is 5.97. The van der Waals surface area contributed by atoms with E-state index in [1.807, 2.05) is 30.3 Å². The minimum absolute atomic E-state index is 0.113. The molecular weight excluding hydrogens is 486 g/mol. The van der Waals surface area contributed by atoms with E-state index in [2.05, 4.69) is 37.3 Å². The molecule has 1 saturated carbocycles. The highest BCUT2D eigenvalue weighted by molar-refractivity contribution is 6.01. The van der Waals surface area contributed by atoms with Gasteiger partial charge in [0.25, 0.3) is 17.7 Å². The Morgan fingerprint density at radius 1 is 1.24 bits per heavy atom. The van der Waals surface area contributed by atoms with Crippen molar-refractivity contribution in [2.75, 3.05) is 18.6 Å². The van der Waals surface area contributed by atoms with Gasteiger partial charge in [0.2, 0.25) is 5.82 Å². The van der Waals surface area contributed by atoms with Crippen LogP contribution in [0.1, 0.15) is 40.5 Å². The lowest BCUT2D eigenvalue weighted by Gasteiger charge is -2.39. The highest BCUT2D eigenvalue weighted by Crippen LogP contribution is 2.45. The van der Waals surface area contributed by atoms with Gasteiger partial charge >= 0.3 is 0 Å². The summed E-state index contributed by atoms with van der Waals surface area (Å²) in [4.78, 5) is 35.5. The van der Waals surface area contributed by atoms with Crippen LogP contribution in [0.4, 0.5) is 14.6 Å². The third-order valence-electron chi connectivity index (χ3n) is 5.97. The molecule has 2 amide bonds. The van der Waals surface area contributed by atoms with Crippen LogP contribution in [0.25, 0.3) is 0 Å². The number of carbonyl (C=O) groups excluding carboxylic acids is 2. The number of hydrogen-bond donors (Lipinski definition) is 3. The van der Waals surface area contributed by atoms with E-state index < -0.39 is 42.2 Å². The molecule has 0 spiro atoms. The highest BCUT2D eigenvalue weighted by Gasteiger charge is 2.55. The average molecular weight is 508 g/mol. The van der Waals surface area contributed by atoms with Gasteiger partial charge in [-0.3, -0.25) is 19.6 Å². The second kappa shape index (κ2) is 9.25. The lowest BCUT2D eigenvalue weighted by Crippen LogP contribution is -2.50. The maximum Gasteiger partial charge on any atom is 0.291 e. The number of aliphatic hydroxyl groups is 1. The number of halogens is 2. The molecule has 5 rings (SSSR count). The molecule has 1 atom stereocenters. The van der Waals surface area contributed by atoms with Crippen LogP contribution in [-0.2, 0) is 11.2 Å². The van der Waals surface area contributed by atoms with Gasteiger partial charge in [-0.15, -0.1) is 5.10 Å². The molecule has 3 aromatic rings. The number of benzene rings is 1. The van der Waals surface area contributed by atoms with Crippen LogP contribution in [0.15, 0.2) is 42.5 Å². The maximum atomic E-state index is 13.1. The Balaban J connectivity index is 1.26. The molecule has 1 aliphatic heterocycles. The molecule has 2 aliphatic rings. The van der Waals surface area contributed by atoms with Gasteiger partial charge in [-0.05, 0) is 23.6 Å². The molecule has 1 aromatic carbocycles. The number of H-pyrrole nitrogens is 1. The Morgan fingerprint density at radius 2 is 2.00 bits per heavy atom. The lowest BCUT2D eigenvalue weighted by molar-refractivity contribution is -0.176. The minimum Gasteiger partial charge on any atom is -0.487 e. The maximum absolute atomic E-state index is 13.1. The van der Waals surface area contributed by atoms with Crippen molar-refractivity contribution in [3.63, 3.8) is 0 Å². The topological polar surface area (TPSA) is 133 Å². The molecule has 37 heavy (non-hydrogen) atoms. The van der Waals surface area contributed by atoms with Crippen molar-refractivity contribution in [3.8, 4) is 17.6 Å². The van der Waals surface area contributed by atoms with Crippen molar-refractivity contribution >= 4 is 17.6 Å². The summed E-state index contributed by atoms with van der Waals surface area (Å²) in [6.07, 6.45) is -1.01. The summed E-state index contributed by atoms with van der Waals surface area (Å²) in [5.74, 6) is 1.74. The first kappa shape index (κ1) is 24.3. The van der Waals surface area contributed by atoms with Crippen molar-refractivity contribution in [2.24, 2.45) is 0 Å². The molecular formula is C25H22F2N6O4. The number of rotatable bonds is 4. The van der Waals surface area contributed by atoms with Crippen molar-refractivity contribution in [1.82, 2.24) is 25.5 Å². The molecule has 1 aliphatic carbocycles. The van der Waals surface area contributed by atoms with Crippen LogP contribution in [0.5, 0.6) is 5.75 Å². The van der Waals surface area contributed by atoms with Gasteiger partial charge in [0.1, 0.15) is 29.8 Å². The first-order valence-corrected chi connectivity index (χ1v) is 11.4. The number of aromatic amines is 1. The second-order valence-electron chi connectivity index (χ2n) is 9.01. The van der Waals surface area contributed by atoms with Crippen LogP contribution >= 0.6 is 0 Å². The lowest BCUT2D eigenvalue weighted by atomic mass is 9.77. The molecule has 1 fully saturated rings. The normalized spacial score (nSPS) is 19.4. The van der Waals surface area contributed by atoms with E-state index in [1.165, 1.54) is 24.1 Å². The fraction of sp³-hybridized carbons (Fsp3) is 0.320. The Hall–Kier alpha value is -4.37. The SMILES string of the molecule is CN1C(=O)C(NC(=O)c2n[nH]c(Cc3ccccc3)n2)COc2ccc(C#CC3(O)CC(F)(F)C3)nc21. The van der Waals surface area contributed by atoms with Crippen LogP contribution in [0.3, 0.4) is 0 Å². The number of ether oxygens (including phenoxy) is 1. The molecule has 12 heteroatoms. The summed E-state index contributed by atoms with van der Waals surface area (Å²) < 4.78 is 31.9. The van der Waals surface area contributed by atoms with E-state index in [0.717, 1.165) is 5.56 Å². The number of carbonyl (C=O) groups is 2. The minimum atomic E-state index is -2.93. The van der Waals surface area contributed by atoms with E-state index >= 15 is 0 Å². The van der Waals surface area contributed by atoms with E-state index in [4.69, 9.17) is 4.74 Å². The highest BCUT2D eigenvalue weighted by atomic mass is 19.3. The molecule has 0 radical (unpaired) electrons. The fourth-order valence-corrected chi connectivity index (χ4v) is 4.10. The first-order chi connectivity index (χ1) is 17.6. The summed E-state index contributed by atoms with van der Waals surface area (Å²) in [5.41, 5.74) is -0.610. The first-order valence-electron chi connectivity index (χ1n) is 11.4. The quantitative estimate of drug-likeness (QED) is 0.455. The van der Waals surface area contributed by atoms with Gasteiger partial charge in [-0.1, -0.05) is 36.3 Å². The summed E-state index contributed by atoms with van der Waals surface area (Å²) in [7, 11) is 1.46. The second-order valence-corrected chi connectivity index (χ2v) is 9.01. The largest absolute Gasteiger partial charge is 0.487 e. The number of likely N-dealkylation sites (N-methyl/N-ethyl adjacent to an activating group) is 1. The summed E-state index contributed by atoms with van der Waals surface area (Å²) >= 11 is 0. The Labute approximate surface area is 210 Å². The van der Waals surface area contributed by atoms with Gasteiger partial charge < -0.3 is 15.2 Å². The van der Waals surface area contributed by atoms with E-state index in [-0.39, 0.29) is 29.7 Å². The Morgan fingerprint density at radius 3 is 2.73 bits per heavy atom. The number of nitrogens with one attached hydrogen (secondary N) is 2. The number of amides is 2. The standard InChI is InChI=1S/C25H22F2N6O4/c1-33-21-18(8-7-16(28-21)9-10-24(36)13-25(26,27)14-24)37-12-17(23(33)35)29-22(34)20-30-19(31-32-20)11-15-5-3-2-4-6-15/h2-8,17,36H,11-14H2,1H3,(H,29,34)(H,30,31,32). The molecule has 10 nitrogen and oxygen atoms in total. The molecule has 3 heterocycles. The van der Waals surface area contributed by atoms with Crippen molar-refractivity contribution in [3.05, 3.63) is 65.4 Å². The van der Waals surface area contributed by atoms with Gasteiger partial charge in [-0.25, -0.2) is 18.7 Å². The van der Waals surface area contributed by atoms with E-state index in [9.17, 15) is 23.5 Å². The number of aromatic nitrogens is 4.